The fourth-order valence-corrected chi connectivity index (χ4v) is 1.96. The van der Waals surface area contributed by atoms with E-state index < -0.39 is 5.91 Å². The monoisotopic (exact) mass is 259 g/mol. The predicted molar refractivity (Wildman–Crippen MR) is 74.0 cm³/mol. The molecular formula is C14H17N3O2. The Morgan fingerprint density at radius 2 is 1.89 bits per heavy atom. The third-order valence-electron chi connectivity index (χ3n) is 3.04. The maximum atomic E-state index is 10.9. The van der Waals surface area contributed by atoms with Gasteiger partial charge in [-0.3, -0.25) is 4.79 Å². The van der Waals surface area contributed by atoms with Crippen LogP contribution in [0.1, 0.15) is 24.4 Å². The number of carbonyl (C=O) groups excluding carboxylic acids is 1. The van der Waals surface area contributed by atoms with Gasteiger partial charge in [0.2, 0.25) is 5.76 Å². The summed E-state index contributed by atoms with van der Waals surface area (Å²) in [6.07, 6.45) is 0. The summed E-state index contributed by atoms with van der Waals surface area (Å²) in [6.45, 7) is 6.17. The molecule has 0 bridgehead atoms. The SMILES string of the molecule is CCN(CC)c1ccc(-c2cc(C(N)=O)on2)cc1. The van der Waals surface area contributed by atoms with Crippen LogP contribution in [0.4, 0.5) is 5.69 Å². The van der Waals surface area contributed by atoms with Crippen LogP contribution in [0.2, 0.25) is 0 Å². The van der Waals surface area contributed by atoms with Crippen molar-refractivity contribution in [2.24, 2.45) is 5.73 Å². The van der Waals surface area contributed by atoms with Crippen LogP contribution < -0.4 is 10.6 Å². The Morgan fingerprint density at radius 1 is 1.26 bits per heavy atom. The summed E-state index contributed by atoms with van der Waals surface area (Å²) < 4.78 is 4.87. The first-order valence-electron chi connectivity index (χ1n) is 6.27. The molecule has 2 rings (SSSR count). The first-order valence-corrected chi connectivity index (χ1v) is 6.27. The van der Waals surface area contributed by atoms with Crippen molar-refractivity contribution in [2.75, 3.05) is 18.0 Å². The normalized spacial score (nSPS) is 10.4. The lowest BCUT2D eigenvalue weighted by Gasteiger charge is -2.20. The van der Waals surface area contributed by atoms with Gasteiger partial charge in [-0.15, -0.1) is 0 Å². The van der Waals surface area contributed by atoms with Crippen LogP contribution in [-0.2, 0) is 0 Å². The second-order valence-electron chi connectivity index (χ2n) is 4.16. The zero-order valence-electron chi connectivity index (χ0n) is 11.1. The first kappa shape index (κ1) is 13.1. The number of nitrogens with two attached hydrogens (primary N) is 1. The van der Waals surface area contributed by atoms with Crippen molar-refractivity contribution in [3.63, 3.8) is 0 Å². The van der Waals surface area contributed by atoms with Gasteiger partial charge in [-0.05, 0) is 26.0 Å². The quantitative estimate of drug-likeness (QED) is 0.894. The molecule has 19 heavy (non-hydrogen) atoms. The summed E-state index contributed by atoms with van der Waals surface area (Å²) in [6, 6.07) is 9.52. The van der Waals surface area contributed by atoms with Crippen molar-refractivity contribution in [2.45, 2.75) is 13.8 Å². The molecule has 2 N–H and O–H groups in total. The molecule has 5 nitrogen and oxygen atoms in total. The third-order valence-corrected chi connectivity index (χ3v) is 3.04. The summed E-state index contributed by atoms with van der Waals surface area (Å²) in [5.41, 5.74) is 7.79. The number of amides is 1. The van der Waals surface area contributed by atoms with E-state index in [1.54, 1.807) is 6.07 Å². The molecule has 100 valence electrons. The van der Waals surface area contributed by atoms with E-state index in [0.717, 1.165) is 24.3 Å². The van der Waals surface area contributed by atoms with E-state index in [0.29, 0.717) is 5.69 Å². The minimum Gasteiger partial charge on any atom is -0.372 e. The Kier molecular flexibility index (Phi) is 3.85. The molecule has 0 aliphatic carbocycles. The van der Waals surface area contributed by atoms with Gasteiger partial charge < -0.3 is 15.2 Å². The third kappa shape index (κ3) is 2.76. The van der Waals surface area contributed by atoms with Gasteiger partial charge in [-0.25, -0.2) is 0 Å². The minimum absolute atomic E-state index is 0.0721. The summed E-state index contributed by atoms with van der Waals surface area (Å²) in [5.74, 6) is -0.540. The van der Waals surface area contributed by atoms with Crippen molar-refractivity contribution in [1.82, 2.24) is 5.16 Å². The van der Waals surface area contributed by atoms with Gasteiger partial charge in [0.1, 0.15) is 5.69 Å². The molecule has 2 aromatic rings. The molecule has 5 heteroatoms. The maximum Gasteiger partial charge on any atom is 0.287 e. The fraction of sp³-hybridized carbons (Fsp3) is 0.286. The molecule has 1 amide bonds. The Bertz CT molecular complexity index is 556. The fourth-order valence-electron chi connectivity index (χ4n) is 1.96. The average molecular weight is 259 g/mol. The van der Waals surface area contributed by atoms with E-state index >= 15 is 0 Å². The summed E-state index contributed by atoms with van der Waals surface area (Å²) in [7, 11) is 0. The van der Waals surface area contributed by atoms with Crippen molar-refractivity contribution in [3.05, 3.63) is 36.1 Å². The molecule has 0 aliphatic rings. The standard InChI is InChI=1S/C14H17N3O2/c1-3-17(4-2)11-7-5-10(6-8-11)12-9-13(14(15)18)19-16-12/h5-9H,3-4H2,1-2H3,(H2,15,18). The smallest absolute Gasteiger partial charge is 0.287 e. The highest BCUT2D eigenvalue weighted by Crippen LogP contribution is 2.22. The maximum absolute atomic E-state index is 10.9. The van der Waals surface area contributed by atoms with Crippen LogP contribution in [0.3, 0.4) is 0 Å². The van der Waals surface area contributed by atoms with Gasteiger partial charge in [0.05, 0.1) is 0 Å². The van der Waals surface area contributed by atoms with Gasteiger partial charge in [0.25, 0.3) is 5.91 Å². The lowest BCUT2D eigenvalue weighted by molar-refractivity contribution is 0.0965. The number of hydrogen-bond donors (Lipinski definition) is 1. The highest BCUT2D eigenvalue weighted by Gasteiger charge is 2.11. The predicted octanol–water partition coefficient (Wildman–Crippen LogP) is 2.29. The van der Waals surface area contributed by atoms with Crippen LogP contribution in [0.5, 0.6) is 0 Å². The lowest BCUT2D eigenvalue weighted by Crippen LogP contribution is -2.21. The molecule has 0 spiro atoms. The van der Waals surface area contributed by atoms with Crippen molar-refractivity contribution in [3.8, 4) is 11.3 Å². The van der Waals surface area contributed by atoms with E-state index in [1.165, 1.54) is 0 Å². The highest BCUT2D eigenvalue weighted by molar-refractivity contribution is 5.90. The first-order chi connectivity index (χ1) is 9.15. The largest absolute Gasteiger partial charge is 0.372 e. The molecule has 1 aromatic heterocycles. The summed E-state index contributed by atoms with van der Waals surface area (Å²) in [5, 5.41) is 3.83. The van der Waals surface area contributed by atoms with Crippen LogP contribution >= 0.6 is 0 Å². The second-order valence-corrected chi connectivity index (χ2v) is 4.16. The van der Waals surface area contributed by atoms with Crippen LogP contribution in [0, 0.1) is 0 Å². The van der Waals surface area contributed by atoms with Gasteiger partial charge in [0, 0.05) is 30.4 Å². The van der Waals surface area contributed by atoms with Crippen molar-refractivity contribution in [1.29, 1.82) is 0 Å². The van der Waals surface area contributed by atoms with E-state index in [1.807, 2.05) is 24.3 Å². The molecule has 0 atom stereocenters. The van der Waals surface area contributed by atoms with Crippen LogP contribution in [-0.4, -0.2) is 24.2 Å². The molecule has 0 aliphatic heterocycles. The number of aromatic nitrogens is 1. The number of carbonyl (C=O) groups is 1. The number of rotatable bonds is 5. The highest BCUT2D eigenvalue weighted by atomic mass is 16.5. The summed E-state index contributed by atoms with van der Waals surface area (Å²) >= 11 is 0. The number of benzene rings is 1. The van der Waals surface area contributed by atoms with E-state index in [9.17, 15) is 4.79 Å². The van der Waals surface area contributed by atoms with Gasteiger partial charge in [-0.2, -0.15) is 0 Å². The number of hydrogen-bond acceptors (Lipinski definition) is 4. The molecule has 0 fully saturated rings. The van der Waals surface area contributed by atoms with E-state index in [-0.39, 0.29) is 5.76 Å². The molecule has 0 saturated carbocycles. The number of anilines is 1. The zero-order valence-corrected chi connectivity index (χ0v) is 11.1. The Labute approximate surface area is 112 Å². The Balaban J connectivity index is 2.24. The molecule has 1 heterocycles. The second kappa shape index (κ2) is 5.56. The molecule has 0 radical (unpaired) electrons. The van der Waals surface area contributed by atoms with Crippen molar-refractivity contribution >= 4 is 11.6 Å². The lowest BCUT2D eigenvalue weighted by atomic mass is 10.1. The molecule has 0 saturated heterocycles. The Hall–Kier alpha value is -2.30. The van der Waals surface area contributed by atoms with Gasteiger partial charge in [-0.1, -0.05) is 17.3 Å². The van der Waals surface area contributed by atoms with Crippen LogP contribution in [0.15, 0.2) is 34.9 Å². The average Bonchev–Trinajstić information content (AvgIpc) is 2.91. The molecular weight excluding hydrogens is 242 g/mol. The number of nitrogens with zero attached hydrogens (tertiary/aromatic N) is 2. The molecule has 1 aromatic carbocycles. The topological polar surface area (TPSA) is 72.4 Å². The van der Waals surface area contributed by atoms with Gasteiger partial charge in [0.15, 0.2) is 0 Å². The zero-order chi connectivity index (χ0) is 13.8. The Morgan fingerprint density at radius 3 is 2.37 bits per heavy atom. The number of primary amides is 1. The minimum atomic E-state index is -0.612. The van der Waals surface area contributed by atoms with E-state index in [2.05, 4.69) is 23.9 Å². The van der Waals surface area contributed by atoms with Crippen molar-refractivity contribution < 1.29 is 9.32 Å². The molecule has 0 unspecified atom stereocenters. The van der Waals surface area contributed by atoms with Gasteiger partial charge >= 0.3 is 0 Å². The summed E-state index contributed by atoms with van der Waals surface area (Å²) in [4.78, 5) is 13.2. The van der Waals surface area contributed by atoms with Crippen LogP contribution in [0.25, 0.3) is 11.3 Å². The van der Waals surface area contributed by atoms with E-state index in [4.69, 9.17) is 10.3 Å².